The Morgan fingerprint density at radius 1 is 1.37 bits per heavy atom. The molecule has 8 heteroatoms. The number of allylic oxidation sites excluding steroid dienone is 1. The summed E-state index contributed by atoms with van der Waals surface area (Å²) in [6, 6.07) is 0. The van der Waals surface area contributed by atoms with Crippen LogP contribution >= 0.6 is 0 Å². The number of fused-ring (bicyclic) bond motifs is 1. The number of ketones is 1. The molecule has 0 aromatic carbocycles. The molecular weight excluding hydrogens is 411 g/mol. The second-order valence-electron chi connectivity index (χ2n) is 10.4. The lowest BCUT2D eigenvalue weighted by Crippen LogP contribution is -2.53. The van der Waals surface area contributed by atoms with E-state index in [0.717, 1.165) is 38.2 Å². The van der Waals surface area contributed by atoms with E-state index in [1.54, 1.807) is 19.6 Å². The van der Waals surface area contributed by atoms with E-state index in [4.69, 9.17) is 4.43 Å². The van der Waals surface area contributed by atoms with Gasteiger partial charge in [0, 0.05) is 18.9 Å². The molecule has 0 heterocycles. The quantitative estimate of drug-likeness (QED) is 0.420. The maximum atomic E-state index is 13.6. The summed E-state index contributed by atoms with van der Waals surface area (Å²) in [6.45, 7) is 10.3. The average Bonchev–Trinajstić information content (AvgIpc) is 2.56. The maximum absolute atomic E-state index is 13.6. The topological polar surface area (TPSA) is 55.4 Å². The van der Waals surface area contributed by atoms with Crippen LogP contribution in [0.15, 0.2) is 11.6 Å². The second kappa shape index (κ2) is 8.77. The third-order valence-electron chi connectivity index (χ3n) is 6.52. The van der Waals surface area contributed by atoms with Gasteiger partial charge in [-0.25, -0.2) is 0 Å². The van der Waals surface area contributed by atoms with Gasteiger partial charge in [-0.2, -0.15) is 13.2 Å². The summed E-state index contributed by atoms with van der Waals surface area (Å²) in [5.74, 6) is -0.376. The molecule has 4 nitrogen and oxygen atoms in total. The summed E-state index contributed by atoms with van der Waals surface area (Å²) in [7, 11) is -2.52. The van der Waals surface area contributed by atoms with Gasteiger partial charge in [-0.05, 0) is 63.6 Å². The number of halogens is 3. The highest BCUT2D eigenvalue weighted by Gasteiger charge is 2.55. The Labute approximate surface area is 179 Å². The molecule has 2 aliphatic rings. The van der Waals surface area contributed by atoms with Crippen molar-refractivity contribution in [1.29, 1.82) is 0 Å². The predicted octanol–water partition coefficient (Wildman–Crippen LogP) is 5.40. The number of carbonyl (C=O) groups excluding carboxylic acids is 2. The van der Waals surface area contributed by atoms with Crippen LogP contribution in [0.25, 0.3) is 0 Å². The third kappa shape index (κ3) is 5.55. The largest absolute Gasteiger partial charge is 0.416 e. The van der Waals surface area contributed by atoms with Crippen LogP contribution in [0.4, 0.5) is 13.2 Å². The van der Waals surface area contributed by atoms with Crippen molar-refractivity contribution in [1.82, 2.24) is 5.32 Å². The lowest BCUT2D eigenvalue weighted by atomic mass is 9.57. The molecule has 2 rings (SSSR count). The molecule has 4 atom stereocenters. The lowest BCUT2D eigenvalue weighted by Gasteiger charge is -2.47. The Kier molecular flexibility index (Phi) is 7.34. The number of hydrogen-bond donors (Lipinski definition) is 1. The molecule has 172 valence electrons. The number of hydrogen-bond acceptors (Lipinski definition) is 3. The Hall–Kier alpha value is -1.15. The monoisotopic (exact) mass is 447 g/mol. The summed E-state index contributed by atoms with van der Waals surface area (Å²) in [5, 5.41) is 2.69. The minimum absolute atomic E-state index is 0.0167. The summed E-state index contributed by atoms with van der Waals surface area (Å²) in [5.41, 5.74) is -1.55. The number of alkyl halides is 3. The van der Waals surface area contributed by atoms with E-state index in [0.29, 0.717) is 12.2 Å². The first-order valence-electron chi connectivity index (χ1n) is 10.9. The molecule has 30 heavy (non-hydrogen) atoms. The summed E-state index contributed by atoms with van der Waals surface area (Å²) in [6.07, 6.45) is 0.887. The molecule has 1 N–H and O–H groups in total. The van der Waals surface area contributed by atoms with E-state index in [1.807, 2.05) is 6.92 Å². The first-order chi connectivity index (χ1) is 13.6. The van der Waals surface area contributed by atoms with Gasteiger partial charge in [0.1, 0.15) is 5.78 Å². The molecule has 2 aliphatic carbocycles. The van der Waals surface area contributed by atoms with Gasteiger partial charge < -0.3 is 9.74 Å². The second-order valence-corrected chi connectivity index (χ2v) is 14.8. The highest BCUT2D eigenvalue weighted by molar-refractivity contribution is 6.69. The molecule has 0 unspecified atom stereocenters. The zero-order valence-electron chi connectivity index (χ0n) is 19.0. The first kappa shape index (κ1) is 25.1. The Morgan fingerprint density at radius 2 is 2.00 bits per heavy atom. The van der Waals surface area contributed by atoms with E-state index in [2.05, 4.69) is 18.3 Å². The molecule has 0 aliphatic heterocycles. The molecule has 1 saturated carbocycles. The lowest BCUT2D eigenvalue weighted by molar-refractivity contribution is -0.246. The van der Waals surface area contributed by atoms with Crippen LogP contribution in [-0.4, -0.2) is 38.3 Å². The average molecular weight is 448 g/mol. The van der Waals surface area contributed by atoms with Crippen molar-refractivity contribution in [3.05, 3.63) is 11.6 Å². The van der Waals surface area contributed by atoms with Gasteiger partial charge in [-0.1, -0.05) is 25.5 Å². The number of Topliss-reactive ketones (excluding diaryl/α,β-unsaturated/α-hetero) is 1. The molecule has 0 bridgehead atoms. The van der Waals surface area contributed by atoms with E-state index >= 15 is 0 Å². The summed E-state index contributed by atoms with van der Waals surface area (Å²) in [4.78, 5) is 24.9. The maximum Gasteiger partial charge on any atom is 0.416 e. The highest BCUT2D eigenvalue weighted by atomic mass is 28.4. The molecule has 1 amide bonds. The smallest absolute Gasteiger partial charge is 0.403 e. The molecular formula is C22H36F3NO3Si. The number of carbonyl (C=O) groups is 2. The van der Waals surface area contributed by atoms with E-state index < -0.39 is 32.4 Å². The summed E-state index contributed by atoms with van der Waals surface area (Å²) >= 11 is 0. The van der Waals surface area contributed by atoms with Crippen LogP contribution in [-0.2, 0) is 14.0 Å². The van der Waals surface area contributed by atoms with Crippen LogP contribution in [0.5, 0.6) is 0 Å². The van der Waals surface area contributed by atoms with Crippen LogP contribution in [0, 0.1) is 17.3 Å². The minimum Gasteiger partial charge on any atom is -0.403 e. The van der Waals surface area contributed by atoms with Crippen molar-refractivity contribution in [2.45, 2.75) is 90.7 Å². The van der Waals surface area contributed by atoms with E-state index in [-0.39, 0.29) is 23.8 Å². The van der Waals surface area contributed by atoms with E-state index in [1.165, 1.54) is 0 Å². The SMILES string of the molecule is C[C@H](CNC(=O)C[C@](C)(O[Si](C)(C)C)C(F)(F)F)C1=CCC[C@H]2C(=O)CCC[C@]12C. The highest BCUT2D eigenvalue weighted by Crippen LogP contribution is 2.51. The molecule has 0 spiro atoms. The van der Waals surface area contributed by atoms with Gasteiger partial charge in [0.15, 0.2) is 13.9 Å². The molecule has 1 fully saturated rings. The van der Waals surface area contributed by atoms with Gasteiger partial charge in [-0.3, -0.25) is 9.59 Å². The molecule has 0 aromatic rings. The van der Waals surface area contributed by atoms with Crippen molar-refractivity contribution < 1.29 is 27.2 Å². The van der Waals surface area contributed by atoms with Crippen LogP contribution in [0.1, 0.15) is 59.3 Å². The zero-order chi connectivity index (χ0) is 23.0. The molecule has 0 aromatic heterocycles. The minimum atomic E-state index is -4.63. The van der Waals surface area contributed by atoms with Crippen LogP contribution < -0.4 is 5.32 Å². The predicted molar refractivity (Wildman–Crippen MR) is 113 cm³/mol. The van der Waals surface area contributed by atoms with Gasteiger partial charge in [0.05, 0.1) is 6.42 Å². The van der Waals surface area contributed by atoms with Crippen LogP contribution in [0.2, 0.25) is 19.6 Å². The molecule has 0 saturated heterocycles. The Morgan fingerprint density at radius 3 is 2.57 bits per heavy atom. The third-order valence-corrected chi connectivity index (χ3v) is 7.58. The van der Waals surface area contributed by atoms with Gasteiger partial charge in [0.2, 0.25) is 5.91 Å². The Balaban J connectivity index is 2.04. The van der Waals surface area contributed by atoms with Gasteiger partial charge in [0.25, 0.3) is 0 Å². The number of rotatable bonds is 7. The van der Waals surface area contributed by atoms with Gasteiger partial charge in [-0.15, -0.1) is 0 Å². The van der Waals surface area contributed by atoms with Gasteiger partial charge >= 0.3 is 6.18 Å². The van der Waals surface area contributed by atoms with Crippen molar-refractivity contribution in [3.63, 3.8) is 0 Å². The standard InChI is InChI=1S/C22H36F3NO3Si/c1-15(16-9-7-10-17-18(27)11-8-12-20(16,17)2)14-26-19(28)13-21(3,22(23,24)25)29-30(4,5)6/h9,15,17H,7-8,10-14H2,1-6H3,(H,26,28)/t15-,17+,20-,21+/m1/s1. The van der Waals surface area contributed by atoms with Crippen LogP contribution in [0.3, 0.4) is 0 Å². The fourth-order valence-electron chi connectivity index (χ4n) is 5.18. The fraction of sp³-hybridized carbons (Fsp3) is 0.818. The van der Waals surface area contributed by atoms with Crippen molar-refractivity contribution in [3.8, 4) is 0 Å². The first-order valence-corrected chi connectivity index (χ1v) is 14.3. The summed E-state index contributed by atoms with van der Waals surface area (Å²) < 4.78 is 46.3. The van der Waals surface area contributed by atoms with E-state index in [9.17, 15) is 22.8 Å². The van der Waals surface area contributed by atoms with Crippen molar-refractivity contribution in [2.75, 3.05) is 6.54 Å². The number of amides is 1. The molecule has 0 radical (unpaired) electrons. The van der Waals surface area contributed by atoms with Crippen molar-refractivity contribution >= 4 is 20.0 Å². The fourth-order valence-corrected chi connectivity index (χ4v) is 6.72. The number of nitrogens with one attached hydrogen (secondary N) is 1. The normalized spacial score (nSPS) is 28.2. The zero-order valence-corrected chi connectivity index (χ0v) is 20.0. The Bertz CT molecular complexity index is 701. The van der Waals surface area contributed by atoms with Crippen molar-refractivity contribution in [2.24, 2.45) is 17.3 Å².